The Bertz CT molecular complexity index is 325. The van der Waals surface area contributed by atoms with Crippen LogP contribution in [0.2, 0.25) is 0 Å². The lowest BCUT2D eigenvalue weighted by atomic mass is 9.71. The summed E-state index contributed by atoms with van der Waals surface area (Å²) in [6, 6.07) is 2.09. The second kappa shape index (κ2) is 3.83. The van der Waals surface area contributed by atoms with E-state index in [2.05, 4.69) is 6.07 Å². The minimum Gasteiger partial charge on any atom is -0.402 e. The molecule has 1 rings (SSSR count). The number of hydrogen-bond acceptors (Lipinski definition) is 3. The zero-order chi connectivity index (χ0) is 10.8. The SMILES string of the molecule is CC1=C(N)CCC(C)(CCC#N)C1=O. The molecular weight excluding hydrogens is 176 g/mol. The maximum Gasteiger partial charge on any atom is 0.166 e. The number of hydrogen-bond donors (Lipinski definition) is 1. The van der Waals surface area contributed by atoms with Crippen LogP contribution in [-0.4, -0.2) is 5.78 Å². The Hall–Kier alpha value is -1.30. The van der Waals surface area contributed by atoms with E-state index in [1.165, 1.54) is 0 Å². The van der Waals surface area contributed by atoms with Crippen LogP contribution in [-0.2, 0) is 4.79 Å². The monoisotopic (exact) mass is 192 g/mol. The Morgan fingerprint density at radius 1 is 1.64 bits per heavy atom. The van der Waals surface area contributed by atoms with E-state index in [-0.39, 0.29) is 11.2 Å². The zero-order valence-electron chi connectivity index (χ0n) is 8.76. The molecule has 14 heavy (non-hydrogen) atoms. The van der Waals surface area contributed by atoms with Crippen molar-refractivity contribution in [2.45, 2.75) is 39.5 Å². The highest BCUT2D eigenvalue weighted by atomic mass is 16.1. The van der Waals surface area contributed by atoms with Crippen molar-refractivity contribution in [3.63, 3.8) is 0 Å². The van der Waals surface area contributed by atoms with Crippen LogP contribution >= 0.6 is 0 Å². The number of carbonyl (C=O) groups is 1. The van der Waals surface area contributed by atoms with E-state index in [0.29, 0.717) is 24.1 Å². The lowest BCUT2D eigenvalue weighted by molar-refractivity contribution is -0.125. The molecular formula is C11H16N2O. The van der Waals surface area contributed by atoms with Crippen LogP contribution in [0.1, 0.15) is 39.5 Å². The fourth-order valence-corrected chi connectivity index (χ4v) is 1.88. The van der Waals surface area contributed by atoms with Gasteiger partial charge in [-0.3, -0.25) is 4.79 Å². The van der Waals surface area contributed by atoms with E-state index in [1.807, 2.05) is 6.92 Å². The van der Waals surface area contributed by atoms with Gasteiger partial charge in [-0.25, -0.2) is 0 Å². The van der Waals surface area contributed by atoms with Gasteiger partial charge in [0.05, 0.1) is 6.07 Å². The lowest BCUT2D eigenvalue weighted by Gasteiger charge is -2.32. The largest absolute Gasteiger partial charge is 0.402 e. The van der Waals surface area contributed by atoms with E-state index in [4.69, 9.17) is 11.0 Å². The molecule has 0 aromatic carbocycles. The zero-order valence-corrected chi connectivity index (χ0v) is 8.76. The average Bonchev–Trinajstić information content (AvgIpc) is 2.19. The molecule has 0 heterocycles. The molecule has 0 aliphatic heterocycles. The minimum atomic E-state index is -0.358. The third-order valence-electron chi connectivity index (χ3n) is 3.11. The van der Waals surface area contributed by atoms with Crippen LogP contribution in [0.15, 0.2) is 11.3 Å². The first-order chi connectivity index (χ1) is 6.51. The smallest absolute Gasteiger partial charge is 0.166 e. The normalized spacial score (nSPS) is 27.6. The Kier molecular flexibility index (Phi) is 2.95. The van der Waals surface area contributed by atoms with E-state index in [1.54, 1.807) is 6.92 Å². The molecule has 76 valence electrons. The summed E-state index contributed by atoms with van der Waals surface area (Å²) in [7, 11) is 0. The van der Waals surface area contributed by atoms with Crippen molar-refractivity contribution in [2.75, 3.05) is 0 Å². The maximum absolute atomic E-state index is 11.9. The first kappa shape index (κ1) is 10.8. The van der Waals surface area contributed by atoms with E-state index >= 15 is 0 Å². The van der Waals surface area contributed by atoms with Crippen LogP contribution in [0.25, 0.3) is 0 Å². The predicted octanol–water partition coefficient (Wildman–Crippen LogP) is 1.89. The van der Waals surface area contributed by atoms with Gasteiger partial charge in [0, 0.05) is 23.1 Å². The predicted molar refractivity (Wildman–Crippen MR) is 54.1 cm³/mol. The fraction of sp³-hybridized carbons (Fsp3) is 0.636. The van der Waals surface area contributed by atoms with Gasteiger partial charge in [-0.15, -0.1) is 0 Å². The number of nitriles is 1. The Morgan fingerprint density at radius 3 is 2.86 bits per heavy atom. The highest BCUT2D eigenvalue weighted by Crippen LogP contribution is 2.38. The highest BCUT2D eigenvalue weighted by molar-refractivity contribution is 6.00. The van der Waals surface area contributed by atoms with Gasteiger partial charge in [0.15, 0.2) is 5.78 Å². The Labute approximate surface area is 84.6 Å². The summed E-state index contributed by atoms with van der Waals surface area (Å²) in [5.74, 6) is 0.122. The number of rotatable bonds is 2. The number of nitrogens with zero attached hydrogens (tertiary/aromatic N) is 1. The number of carbonyl (C=O) groups excluding carboxylic acids is 1. The summed E-state index contributed by atoms with van der Waals surface area (Å²) in [5, 5.41) is 8.52. The standard InChI is InChI=1S/C11H16N2O/c1-8-9(13)4-6-11(2,10(8)14)5-3-7-12/h3-6,13H2,1-2H3. The van der Waals surface area contributed by atoms with Gasteiger partial charge in [0.25, 0.3) is 0 Å². The molecule has 1 aliphatic rings. The van der Waals surface area contributed by atoms with E-state index in [0.717, 1.165) is 12.8 Å². The molecule has 0 saturated carbocycles. The molecule has 2 N–H and O–H groups in total. The van der Waals surface area contributed by atoms with Gasteiger partial charge in [0.1, 0.15) is 0 Å². The molecule has 0 saturated heterocycles. The molecule has 3 heteroatoms. The van der Waals surface area contributed by atoms with Gasteiger partial charge < -0.3 is 5.73 Å². The van der Waals surface area contributed by atoms with Crippen molar-refractivity contribution in [1.29, 1.82) is 5.26 Å². The third kappa shape index (κ3) is 1.79. The first-order valence-corrected chi connectivity index (χ1v) is 4.88. The summed E-state index contributed by atoms with van der Waals surface area (Å²) in [4.78, 5) is 11.9. The van der Waals surface area contributed by atoms with Crippen molar-refractivity contribution in [2.24, 2.45) is 11.1 Å². The van der Waals surface area contributed by atoms with Gasteiger partial charge >= 0.3 is 0 Å². The van der Waals surface area contributed by atoms with Gasteiger partial charge in [-0.05, 0) is 26.2 Å². The molecule has 1 atom stereocenters. The summed E-state index contributed by atoms with van der Waals surface area (Å²) < 4.78 is 0. The minimum absolute atomic E-state index is 0.122. The maximum atomic E-state index is 11.9. The summed E-state index contributed by atoms with van der Waals surface area (Å²) in [6.45, 7) is 3.71. The summed E-state index contributed by atoms with van der Waals surface area (Å²) >= 11 is 0. The molecule has 0 radical (unpaired) electrons. The summed E-state index contributed by atoms with van der Waals surface area (Å²) in [6.07, 6.45) is 2.64. The van der Waals surface area contributed by atoms with Gasteiger partial charge in [-0.1, -0.05) is 6.92 Å². The van der Waals surface area contributed by atoms with Crippen LogP contribution in [0.4, 0.5) is 0 Å². The van der Waals surface area contributed by atoms with Crippen molar-refractivity contribution in [3.05, 3.63) is 11.3 Å². The van der Waals surface area contributed by atoms with Gasteiger partial charge in [0.2, 0.25) is 0 Å². The fourth-order valence-electron chi connectivity index (χ4n) is 1.88. The van der Waals surface area contributed by atoms with Gasteiger partial charge in [-0.2, -0.15) is 5.26 Å². The number of Topliss-reactive ketones (excluding diaryl/α,β-unsaturated/α-hetero) is 1. The Morgan fingerprint density at radius 2 is 2.29 bits per heavy atom. The van der Waals surface area contributed by atoms with E-state index < -0.39 is 0 Å². The molecule has 0 amide bonds. The lowest BCUT2D eigenvalue weighted by Crippen LogP contribution is -2.34. The molecule has 0 bridgehead atoms. The molecule has 0 aromatic heterocycles. The summed E-state index contributed by atoms with van der Waals surface area (Å²) in [5.41, 5.74) is 6.76. The van der Waals surface area contributed by atoms with Crippen LogP contribution < -0.4 is 5.73 Å². The quantitative estimate of drug-likeness (QED) is 0.726. The van der Waals surface area contributed by atoms with Crippen molar-refractivity contribution >= 4 is 5.78 Å². The van der Waals surface area contributed by atoms with Crippen LogP contribution in [0.3, 0.4) is 0 Å². The second-order valence-corrected chi connectivity index (χ2v) is 4.20. The topological polar surface area (TPSA) is 66.9 Å². The van der Waals surface area contributed by atoms with Crippen LogP contribution in [0.5, 0.6) is 0 Å². The number of ketones is 1. The molecule has 0 aromatic rings. The number of allylic oxidation sites excluding steroid dienone is 2. The second-order valence-electron chi connectivity index (χ2n) is 4.20. The highest BCUT2D eigenvalue weighted by Gasteiger charge is 2.36. The first-order valence-electron chi connectivity index (χ1n) is 4.88. The van der Waals surface area contributed by atoms with Crippen molar-refractivity contribution in [1.82, 2.24) is 0 Å². The van der Waals surface area contributed by atoms with Crippen molar-refractivity contribution in [3.8, 4) is 6.07 Å². The van der Waals surface area contributed by atoms with E-state index in [9.17, 15) is 4.79 Å². The molecule has 0 spiro atoms. The molecule has 0 fully saturated rings. The number of nitrogens with two attached hydrogens (primary N) is 1. The van der Waals surface area contributed by atoms with Crippen LogP contribution in [0, 0.1) is 16.7 Å². The Balaban J connectivity index is 2.85. The third-order valence-corrected chi connectivity index (χ3v) is 3.11. The molecule has 1 unspecified atom stereocenters. The average molecular weight is 192 g/mol. The molecule has 1 aliphatic carbocycles. The van der Waals surface area contributed by atoms with Crippen molar-refractivity contribution < 1.29 is 4.79 Å². The molecule has 3 nitrogen and oxygen atoms in total.